The van der Waals surface area contributed by atoms with Gasteiger partial charge in [-0.25, -0.2) is 9.50 Å². The zero-order valence-corrected chi connectivity index (χ0v) is 13.0. The Morgan fingerprint density at radius 1 is 1.17 bits per heavy atom. The molecule has 0 N–H and O–H groups in total. The maximum absolute atomic E-state index is 9.21. The molecule has 0 atom stereocenters. The quantitative estimate of drug-likeness (QED) is 0.735. The lowest BCUT2D eigenvalue weighted by Gasteiger charge is -2.33. The summed E-state index contributed by atoms with van der Waals surface area (Å²) in [6, 6.07) is 9.47. The van der Waals surface area contributed by atoms with E-state index in [0.717, 1.165) is 37.4 Å². The van der Waals surface area contributed by atoms with E-state index < -0.39 is 0 Å². The third-order valence-corrected chi connectivity index (χ3v) is 4.17. The number of aromatic nitrogens is 4. The van der Waals surface area contributed by atoms with Crippen LogP contribution in [-0.4, -0.2) is 38.8 Å². The van der Waals surface area contributed by atoms with Crippen molar-refractivity contribution in [3.05, 3.63) is 48.4 Å². The van der Waals surface area contributed by atoms with Crippen LogP contribution in [-0.2, 0) is 0 Å². The zero-order chi connectivity index (χ0) is 16.4. The summed E-state index contributed by atoms with van der Waals surface area (Å²) in [5.74, 6) is 1.38. The molecule has 4 heterocycles. The molecule has 1 aliphatic rings. The lowest BCUT2D eigenvalue weighted by molar-refractivity contribution is 0.164. The molecule has 24 heavy (non-hydrogen) atoms. The first kappa shape index (κ1) is 14.5. The first-order chi connectivity index (χ1) is 11.8. The third kappa shape index (κ3) is 2.74. The summed E-state index contributed by atoms with van der Waals surface area (Å²) in [5.41, 5.74) is 1.39. The van der Waals surface area contributed by atoms with Gasteiger partial charge < -0.3 is 9.64 Å². The molecule has 0 spiro atoms. The molecule has 3 aromatic heterocycles. The van der Waals surface area contributed by atoms with Gasteiger partial charge in [-0.15, -0.1) is 0 Å². The fourth-order valence-corrected chi connectivity index (χ4v) is 2.95. The summed E-state index contributed by atoms with van der Waals surface area (Å²) in [7, 11) is 0. The van der Waals surface area contributed by atoms with E-state index in [2.05, 4.69) is 26.0 Å². The lowest BCUT2D eigenvalue weighted by atomic mass is 10.1. The molecular weight excluding hydrogens is 304 g/mol. The molecular formula is C17H16N6O. The van der Waals surface area contributed by atoms with Crippen LogP contribution in [0.25, 0.3) is 5.65 Å². The second-order valence-corrected chi connectivity index (χ2v) is 5.69. The standard InChI is InChI=1S/C17H16N6O/c18-12-13-2-1-7-19-17(13)22-9-4-14(5-10-22)24-16-6-11-23-15(21-16)3-8-20-23/h1-3,6-8,11,14H,4-5,9-10H2. The van der Waals surface area contributed by atoms with Gasteiger partial charge in [-0.3, -0.25) is 0 Å². The van der Waals surface area contributed by atoms with E-state index in [-0.39, 0.29) is 6.10 Å². The van der Waals surface area contributed by atoms with Crippen LogP contribution in [0.4, 0.5) is 5.82 Å². The van der Waals surface area contributed by atoms with E-state index in [1.165, 1.54) is 0 Å². The molecule has 0 amide bonds. The van der Waals surface area contributed by atoms with E-state index in [0.29, 0.717) is 11.4 Å². The van der Waals surface area contributed by atoms with E-state index in [1.54, 1.807) is 29.0 Å². The summed E-state index contributed by atoms with van der Waals surface area (Å²) in [5, 5.41) is 13.3. The number of hydrogen-bond acceptors (Lipinski definition) is 6. The van der Waals surface area contributed by atoms with Crippen LogP contribution in [0.15, 0.2) is 42.9 Å². The van der Waals surface area contributed by atoms with E-state index >= 15 is 0 Å². The van der Waals surface area contributed by atoms with Gasteiger partial charge in [0.15, 0.2) is 5.65 Å². The van der Waals surface area contributed by atoms with Crippen molar-refractivity contribution in [1.29, 1.82) is 5.26 Å². The second-order valence-electron chi connectivity index (χ2n) is 5.69. The van der Waals surface area contributed by atoms with E-state index in [9.17, 15) is 5.26 Å². The van der Waals surface area contributed by atoms with Crippen molar-refractivity contribution in [1.82, 2.24) is 19.6 Å². The number of nitriles is 1. The first-order valence-electron chi connectivity index (χ1n) is 7.90. The van der Waals surface area contributed by atoms with Crippen LogP contribution in [0.1, 0.15) is 18.4 Å². The molecule has 120 valence electrons. The van der Waals surface area contributed by atoms with Crippen LogP contribution < -0.4 is 9.64 Å². The Labute approximate surface area is 139 Å². The molecule has 0 bridgehead atoms. The molecule has 7 heteroatoms. The van der Waals surface area contributed by atoms with Gasteiger partial charge >= 0.3 is 0 Å². The minimum atomic E-state index is 0.119. The molecule has 0 radical (unpaired) electrons. The van der Waals surface area contributed by atoms with Crippen LogP contribution in [0, 0.1) is 11.3 Å². The highest BCUT2D eigenvalue weighted by Gasteiger charge is 2.23. The molecule has 1 fully saturated rings. The highest BCUT2D eigenvalue weighted by molar-refractivity contribution is 5.53. The Morgan fingerprint density at radius 3 is 2.88 bits per heavy atom. The van der Waals surface area contributed by atoms with Gasteiger partial charge in [-0.2, -0.15) is 15.3 Å². The highest BCUT2D eigenvalue weighted by Crippen LogP contribution is 2.23. The fourth-order valence-electron chi connectivity index (χ4n) is 2.95. The van der Waals surface area contributed by atoms with Crippen LogP contribution in [0.5, 0.6) is 5.88 Å². The van der Waals surface area contributed by atoms with Crippen LogP contribution in [0.2, 0.25) is 0 Å². The van der Waals surface area contributed by atoms with Crippen LogP contribution >= 0.6 is 0 Å². The molecule has 0 saturated carbocycles. The predicted octanol–water partition coefficient (Wildman–Crippen LogP) is 2.04. The summed E-state index contributed by atoms with van der Waals surface area (Å²) >= 11 is 0. The Kier molecular flexibility index (Phi) is 3.71. The fraction of sp³-hybridized carbons (Fsp3) is 0.294. The summed E-state index contributed by atoms with van der Waals surface area (Å²) in [6.45, 7) is 1.62. The molecule has 0 aromatic carbocycles. The number of anilines is 1. The van der Waals surface area contributed by atoms with Gasteiger partial charge in [0, 0.05) is 50.5 Å². The minimum absolute atomic E-state index is 0.119. The number of pyridine rings is 1. The Bertz CT molecular complexity index is 891. The monoisotopic (exact) mass is 320 g/mol. The first-order valence-corrected chi connectivity index (χ1v) is 7.90. The molecule has 1 aliphatic heterocycles. The Morgan fingerprint density at radius 2 is 2.04 bits per heavy atom. The van der Waals surface area contributed by atoms with Crippen molar-refractivity contribution in [3.63, 3.8) is 0 Å². The number of rotatable bonds is 3. The average molecular weight is 320 g/mol. The van der Waals surface area contributed by atoms with Crippen molar-refractivity contribution < 1.29 is 4.74 Å². The Hall–Kier alpha value is -3.14. The minimum Gasteiger partial charge on any atom is -0.474 e. The summed E-state index contributed by atoms with van der Waals surface area (Å²) in [6.07, 6.45) is 7.14. The molecule has 1 saturated heterocycles. The smallest absolute Gasteiger partial charge is 0.217 e. The number of piperidine rings is 1. The van der Waals surface area contributed by atoms with Crippen molar-refractivity contribution >= 4 is 11.5 Å². The van der Waals surface area contributed by atoms with Crippen LogP contribution in [0.3, 0.4) is 0 Å². The molecule has 3 aromatic rings. The third-order valence-electron chi connectivity index (χ3n) is 4.17. The van der Waals surface area contributed by atoms with Gasteiger partial charge in [0.25, 0.3) is 0 Å². The molecule has 0 unspecified atom stereocenters. The van der Waals surface area contributed by atoms with E-state index in [1.807, 2.05) is 18.3 Å². The van der Waals surface area contributed by atoms with Crippen molar-refractivity contribution in [2.75, 3.05) is 18.0 Å². The van der Waals surface area contributed by atoms with Gasteiger partial charge in [0.05, 0.1) is 11.8 Å². The number of fused-ring (bicyclic) bond motifs is 1. The van der Waals surface area contributed by atoms with Gasteiger partial charge in [-0.05, 0) is 12.1 Å². The maximum Gasteiger partial charge on any atom is 0.217 e. The summed E-state index contributed by atoms with van der Waals surface area (Å²) in [4.78, 5) is 10.9. The number of ether oxygens (including phenoxy) is 1. The average Bonchev–Trinajstić information content (AvgIpc) is 3.10. The predicted molar refractivity (Wildman–Crippen MR) is 87.8 cm³/mol. The number of hydrogen-bond donors (Lipinski definition) is 0. The normalized spacial score (nSPS) is 15.4. The lowest BCUT2D eigenvalue weighted by Crippen LogP contribution is -2.39. The zero-order valence-electron chi connectivity index (χ0n) is 13.0. The number of nitrogens with zero attached hydrogens (tertiary/aromatic N) is 6. The SMILES string of the molecule is N#Cc1cccnc1N1CCC(Oc2ccn3nccc3n2)CC1. The van der Waals surface area contributed by atoms with Crippen molar-refractivity contribution in [3.8, 4) is 11.9 Å². The van der Waals surface area contributed by atoms with Crippen molar-refractivity contribution in [2.45, 2.75) is 18.9 Å². The summed E-state index contributed by atoms with van der Waals surface area (Å²) < 4.78 is 7.72. The topological polar surface area (TPSA) is 79.3 Å². The highest BCUT2D eigenvalue weighted by atomic mass is 16.5. The molecule has 7 nitrogen and oxygen atoms in total. The molecule has 0 aliphatic carbocycles. The van der Waals surface area contributed by atoms with Gasteiger partial charge in [-0.1, -0.05) is 0 Å². The van der Waals surface area contributed by atoms with Crippen molar-refractivity contribution in [2.24, 2.45) is 0 Å². The van der Waals surface area contributed by atoms with Gasteiger partial charge in [0.1, 0.15) is 18.0 Å². The van der Waals surface area contributed by atoms with E-state index in [4.69, 9.17) is 4.74 Å². The van der Waals surface area contributed by atoms with Gasteiger partial charge in [0.2, 0.25) is 5.88 Å². The second kappa shape index (κ2) is 6.16. The largest absolute Gasteiger partial charge is 0.474 e. The maximum atomic E-state index is 9.21. The Balaban J connectivity index is 1.41. The molecule has 4 rings (SSSR count).